The largest absolute Gasteiger partial charge is 0.494 e. The molecule has 19 heavy (non-hydrogen) atoms. The Morgan fingerprint density at radius 1 is 1.16 bits per heavy atom. The lowest BCUT2D eigenvalue weighted by Crippen LogP contribution is -2.14. The van der Waals surface area contributed by atoms with E-state index < -0.39 is 13.0 Å². The van der Waals surface area contributed by atoms with Crippen LogP contribution in [0.4, 0.5) is 8.78 Å². The van der Waals surface area contributed by atoms with Gasteiger partial charge in [0.05, 0.1) is 6.61 Å². The molecule has 108 valence electrons. The van der Waals surface area contributed by atoms with Crippen molar-refractivity contribution in [2.24, 2.45) is 5.73 Å². The Hall–Kier alpha value is -1.20. The summed E-state index contributed by atoms with van der Waals surface area (Å²) in [4.78, 5) is 0. The predicted molar refractivity (Wildman–Crippen MR) is 70.6 cm³/mol. The van der Waals surface area contributed by atoms with E-state index in [2.05, 4.69) is 0 Å². The first-order valence-corrected chi connectivity index (χ1v) is 6.47. The number of hydrogen-bond acceptors (Lipinski definition) is 3. The van der Waals surface area contributed by atoms with Crippen molar-refractivity contribution in [3.63, 3.8) is 0 Å². The third-order valence-electron chi connectivity index (χ3n) is 2.60. The highest BCUT2D eigenvalue weighted by atomic mass is 19.3. The van der Waals surface area contributed by atoms with Gasteiger partial charge in [-0.2, -0.15) is 0 Å². The first kappa shape index (κ1) is 15.9. The molecule has 1 rings (SSSR count). The molecule has 0 aliphatic rings. The zero-order chi connectivity index (χ0) is 14.1. The molecule has 0 spiro atoms. The van der Waals surface area contributed by atoms with Crippen LogP contribution in [0, 0.1) is 0 Å². The first-order chi connectivity index (χ1) is 9.13. The number of benzene rings is 1. The van der Waals surface area contributed by atoms with E-state index in [-0.39, 0.29) is 12.6 Å². The summed E-state index contributed by atoms with van der Waals surface area (Å²) in [6, 6.07) is 7.30. The van der Waals surface area contributed by atoms with Crippen molar-refractivity contribution in [2.75, 3.05) is 19.8 Å². The highest BCUT2D eigenvalue weighted by Gasteiger charge is 2.07. The van der Waals surface area contributed by atoms with Gasteiger partial charge in [-0.1, -0.05) is 19.1 Å². The van der Waals surface area contributed by atoms with Crippen LogP contribution in [0.25, 0.3) is 0 Å². The summed E-state index contributed by atoms with van der Waals surface area (Å²) >= 11 is 0. The van der Waals surface area contributed by atoms with Crippen LogP contribution in [-0.2, 0) is 4.74 Å². The minimum atomic E-state index is -2.42. The van der Waals surface area contributed by atoms with E-state index in [1.807, 2.05) is 31.2 Å². The van der Waals surface area contributed by atoms with Gasteiger partial charge in [-0.3, -0.25) is 0 Å². The summed E-state index contributed by atoms with van der Waals surface area (Å²) in [6.45, 7) is 2.44. The molecule has 1 atom stereocenters. The number of halogens is 2. The Bertz CT molecular complexity index is 344. The van der Waals surface area contributed by atoms with Crippen LogP contribution in [0.5, 0.6) is 5.75 Å². The van der Waals surface area contributed by atoms with Gasteiger partial charge in [0.25, 0.3) is 6.43 Å². The Balaban J connectivity index is 2.33. The predicted octanol–water partition coefficient (Wildman–Crippen LogP) is 3.15. The van der Waals surface area contributed by atoms with Crippen LogP contribution in [-0.4, -0.2) is 26.2 Å². The molecule has 0 heterocycles. The fourth-order valence-corrected chi connectivity index (χ4v) is 1.58. The van der Waals surface area contributed by atoms with Gasteiger partial charge in [0, 0.05) is 12.6 Å². The number of alkyl halides is 2. The number of nitrogens with two attached hydrogens (primary N) is 1. The third-order valence-corrected chi connectivity index (χ3v) is 2.60. The summed E-state index contributed by atoms with van der Waals surface area (Å²) in [7, 11) is 0. The molecular weight excluding hydrogens is 252 g/mol. The minimum absolute atomic E-state index is 0.210. The van der Waals surface area contributed by atoms with Crippen molar-refractivity contribution in [2.45, 2.75) is 32.2 Å². The molecule has 0 aromatic heterocycles. The van der Waals surface area contributed by atoms with Crippen molar-refractivity contribution in [1.82, 2.24) is 0 Å². The third kappa shape index (κ3) is 6.50. The molecular formula is C14H21F2NO2. The molecule has 5 heteroatoms. The number of rotatable bonds is 9. The quantitative estimate of drug-likeness (QED) is 0.703. The van der Waals surface area contributed by atoms with Crippen molar-refractivity contribution < 1.29 is 18.3 Å². The van der Waals surface area contributed by atoms with Gasteiger partial charge in [0.1, 0.15) is 12.4 Å². The average molecular weight is 273 g/mol. The minimum Gasteiger partial charge on any atom is -0.494 e. The molecule has 1 aromatic rings. The standard InChI is InChI=1S/C14H21F2NO2/c1-2-8-19-12-5-3-11(4-6-12)13(17)7-9-18-10-14(15)16/h3-6,13-14H,2,7-10,17H2,1H3. The zero-order valence-corrected chi connectivity index (χ0v) is 11.1. The van der Waals surface area contributed by atoms with Crippen LogP contribution >= 0.6 is 0 Å². The maximum absolute atomic E-state index is 11.9. The van der Waals surface area contributed by atoms with Gasteiger partial charge >= 0.3 is 0 Å². The van der Waals surface area contributed by atoms with Gasteiger partial charge in [-0.05, 0) is 30.5 Å². The van der Waals surface area contributed by atoms with Crippen LogP contribution in [0.1, 0.15) is 31.4 Å². The van der Waals surface area contributed by atoms with Crippen LogP contribution < -0.4 is 10.5 Å². The van der Waals surface area contributed by atoms with Crippen LogP contribution in [0.15, 0.2) is 24.3 Å². The zero-order valence-electron chi connectivity index (χ0n) is 11.1. The van der Waals surface area contributed by atoms with Gasteiger partial charge in [-0.15, -0.1) is 0 Å². The van der Waals surface area contributed by atoms with Crippen molar-refractivity contribution in [3.05, 3.63) is 29.8 Å². The lowest BCUT2D eigenvalue weighted by atomic mass is 10.1. The molecule has 3 nitrogen and oxygen atoms in total. The smallest absolute Gasteiger partial charge is 0.261 e. The Morgan fingerprint density at radius 2 is 1.84 bits per heavy atom. The molecule has 0 saturated carbocycles. The van der Waals surface area contributed by atoms with E-state index >= 15 is 0 Å². The van der Waals surface area contributed by atoms with Crippen molar-refractivity contribution in [3.8, 4) is 5.75 Å². The fourth-order valence-electron chi connectivity index (χ4n) is 1.58. The van der Waals surface area contributed by atoms with E-state index in [9.17, 15) is 8.78 Å². The Kier molecular flexibility index (Phi) is 7.36. The normalized spacial score (nSPS) is 12.7. The van der Waals surface area contributed by atoms with Crippen molar-refractivity contribution in [1.29, 1.82) is 0 Å². The Morgan fingerprint density at radius 3 is 2.42 bits per heavy atom. The lowest BCUT2D eigenvalue weighted by molar-refractivity contribution is 0.0152. The second kappa shape index (κ2) is 8.82. The summed E-state index contributed by atoms with van der Waals surface area (Å²) in [6.07, 6.45) is -0.948. The van der Waals surface area contributed by atoms with E-state index in [4.69, 9.17) is 15.2 Å². The summed E-state index contributed by atoms with van der Waals surface area (Å²) in [5, 5.41) is 0. The molecule has 0 amide bonds. The molecule has 1 aromatic carbocycles. The topological polar surface area (TPSA) is 44.5 Å². The second-order valence-electron chi connectivity index (χ2n) is 4.28. The maximum atomic E-state index is 11.9. The first-order valence-electron chi connectivity index (χ1n) is 6.47. The van der Waals surface area contributed by atoms with Crippen molar-refractivity contribution >= 4 is 0 Å². The molecule has 0 aliphatic heterocycles. The number of hydrogen-bond donors (Lipinski definition) is 1. The molecule has 0 saturated heterocycles. The highest BCUT2D eigenvalue weighted by Crippen LogP contribution is 2.18. The molecule has 0 aliphatic carbocycles. The van der Waals surface area contributed by atoms with Crippen LogP contribution in [0.3, 0.4) is 0 Å². The Labute approximate surface area is 112 Å². The average Bonchev–Trinajstić information content (AvgIpc) is 2.41. The molecule has 0 fully saturated rings. The number of ether oxygens (including phenoxy) is 2. The summed E-state index contributed by atoms with van der Waals surface area (Å²) in [5.41, 5.74) is 6.90. The lowest BCUT2D eigenvalue weighted by Gasteiger charge is -2.13. The van der Waals surface area contributed by atoms with E-state index in [0.29, 0.717) is 13.0 Å². The second-order valence-corrected chi connectivity index (χ2v) is 4.28. The summed E-state index contributed by atoms with van der Waals surface area (Å²) < 4.78 is 34.0. The van der Waals surface area contributed by atoms with E-state index in [0.717, 1.165) is 17.7 Å². The monoisotopic (exact) mass is 273 g/mol. The molecule has 2 N–H and O–H groups in total. The molecule has 0 radical (unpaired) electrons. The van der Waals surface area contributed by atoms with Gasteiger partial charge in [0.2, 0.25) is 0 Å². The molecule has 0 bridgehead atoms. The van der Waals surface area contributed by atoms with Gasteiger partial charge in [-0.25, -0.2) is 8.78 Å². The van der Waals surface area contributed by atoms with Gasteiger partial charge < -0.3 is 15.2 Å². The van der Waals surface area contributed by atoms with Crippen LogP contribution in [0.2, 0.25) is 0 Å². The highest BCUT2D eigenvalue weighted by molar-refractivity contribution is 5.29. The van der Waals surface area contributed by atoms with E-state index in [1.165, 1.54) is 0 Å². The van der Waals surface area contributed by atoms with Gasteiger partial charge in [0.15, 0.2) is 0 Å². The fraction of sp³-hybridized carbons (Fsp3) is 0.571. The maximum Gasteiger partial charge on any atom is 0.261 e. The summed E-state index contributed by atoms with van der Waals surface area (Å²) in [5.74, 6) is 0.812. The van der Waals surface area contributed by atoms with E-state index in [1.54, 1.807) is 0 Å². The molecule has 1 unspecified atom stereocenters. The SMILES string of the molecule is CCCOc1ccc(C(N)CCOCC(F)F)cc1.